The van der Waals surface area contributed by atoms with Gasteiger partial charge in [-0.1, -0.05) is 30.3 Å². The second-order valence-electron chi connectivity index (χ2n) is 4.47. The standard InChI is InChI=1S/C14H22O2/c1-3-16-12-14(2,15)11-7-10-13-8-5-4-6-9-13/h4-6,8-9,15H,3,7,10-12H2,1-2H3. The van der Waals surface area contributed by atoms with Crippen molar-refractivity contribution in [3.05, 3.63) is 35.9 Å². The molecule has 1 atom stereocenters. The lowest BCUT2D eigenvalue weighted by Crippen LogP contribution is -2.30. The zero-order valence-electron chi connectivity index (χ0n) is 10.3. The maximum atomic E-state index is 10.00. The topological polar surface area (TPSA) is 29.5 Å². The summed E-state index contributed by atoms with van der Waals surface area (Å²) in [4.78, 5) is 0. The van der Waals surface area contributed by atoms with Crippen LogP contribution in [0.4, 0.5) is 0 Å². The molecule has 1 unspecified atom stereocenters. The van der Waals surface area contributed by atoms with Crippen LogP contribution in [0.25, 0.3) is 0 Å². The van der Waals surface area contributed by atoms with Crippen molar-refractivity contribution in [2.75, 3.05) is 13.2 Å². The van der Waals surface area contributed by atoms with Gasteiger partial charge in [0.25, 0.3) is 0 Å². The smallest absolute Gasteiger partial charge is 0.0852 e. The van der Waals surface area contributed by atoms with Crippen molar-refractivity contribution in [1.29, 1.82) is 0 Å². The van der Waals surface area contributed by atoms with Crippen LogP contribution in [0.15, 0.2) is 30.3 Å². The van der Waals surface area contributed by atoms with E-state index in [-0.39, 0.29) is 0 Å². The van der Waals surface area contributed by atoms with Crippen LogP contribution >= 0.6 is 0 Å². The van der Waals surface area contributed by atoms with Crippen molar-refractivity contribution >= 4 is 0 Å². The summed E-state index contributed by atoms with van der Waals surface area (Å²) in [5.41, 5.74) is 0.639. The molecule has 1 aromatic carbocycles. The van der Waals surface area contributed by atoms with Gasteiger partial charge in [-0.3, -0.25) is 0 Å². The van der Waals surface area contributed by atoms with E-state index in [4.69, 9.17) is 4.74 Å². The fraction of sp³-hybridized carbons (Fsp3) is 0.571. The molecule has 2 nitrogen and oxygen atoms in total. The summed E-state index contributed by atoms with van der Waals surface area (Å²) in [5.74, 6) is 0. The zero-order chi connectivity index (χ0) is 11.9. The quantitative estimate of drug-likeness (QED) is 0.768. The predicted octanol–water partition coefficient (Wildman–Crippen LogP) is 2.80. The molecule has 0 amide bonds. The Balaban J connectivity index is 2.24. The molecule has 0 saturated heterocycles. The Hall–Kier alpha value is -0.860. The monoisotopic (exact) mass is 222 g/mol. The van der Waals surface area contributed by atoms with Crippen molar-refractivity contribution in [2.24, 2.45) is 0 Å². The van der Waals surface area contributed by atoms with E-state index in [0.29, 0.717) is 13.2 Å². The lowest BCUT2D eigenvalue weighted by Gasteiger charge is -2.22. The number of hydrogen-bond acceptors (Lipinski definition) is 2. The highest BCUT2D eigenvalue weighted by Gasteiger charge is 2.19. The van der Waals surface area contributed by atoms with Gasteiger partial charge in [-0.05, 0) is 38.7 Å². The highest BCUT2D eigenvalue weighted by Crippen LogP contribution is 2.15. The highest BCUT2D eigenvalue weighted by molar-refractivity contribution is 5.14. The van der Waals surface area contributed by atoms with E-state index in [1.807, 2.05) is 32.0 Å². The molecule has 0 spiro atoms. The number of ether oxygens (including phenoxy) is 1. The van der Waals surface area contributed by atoms with E-state index >= 15 is 0 Å². The number of aliphatic hydroxyl groups is 1. The lowest BCUT2D eigenvalue weighted by atomic mass is 9.98. The minimum absolute atomic E-state index is 0.429. The van der Waals surface area contributed by atoms with Gasteiger partial charge in [-0.15, -0.1) is 0 Å². The van der Waals surface area contributed by atoms with E-state index < -0.39 is 5.60 Å². The van der Waals surface area contributed by atoms with Crippen LogP contribution in [0.3, 0.4) is 0 Å². The Kier molecular flexibility index (Phi) is 5.50. The van der Waals surface area contributed by atoms with Crippen molar-refractivity contribution in [1.82, 2.24) is 0 Å². The zero-order valence-corrected chi connectivity index (χ0v) is 10.3. The first-order chi connectivity index (χ1) is 7.64. The molecule has 0 aliphatic heterocycles. The molecule has 0 radical (unpaired) electrons. The van der Waals surface area contributed by atoms with Crippen molar-refractivity contribution in [3.63, 3.8) is 0 Å². The van der Waals surface area contributed by atoms with Gasteiger partial charge in [0.2, 0.25) is 0 Å². The van der Waals surface area contributed by atoms with Crippen LogP contribution in [-0.4, -0.2) is 23.9 Å². The van der Waals surface area contributed by atoms with Crippen LogP contribution in [0.2, 0.25) is 0 Å². The number of benzene rings is 1. The van der Waals surface area contributed by atoms with E-state index in [1.165, 1.54) is 5.56 Å². The Bertz CT molecular complexity index is 280. The Morgan fingerprint density at radius 3 is 2.56 bits per heavy atom. The minimum Gasteiger partial charge on any atom is -0.388 e. The SMILES string of the molecule is CCOCC(C)(O)CCCc1ccccc1. The third kappa shape index (κ3) is 5.29. The van der Waals surface area contributed by atoms with Gasteiger partial charge in [-0.25, -0.2) is 0 Å². The molecule has 0 heterocycles. The first kappa shape index (κ1) is 13.2. The molecule has 2 heteroatoms. The summed E-state index contributed by atoms with van der Waals surface area (Å²) in [7, 11) is 0. The Morgan fingerprint density at radius 2 is 1.94 bits per heavy atom. The average Bonchev–Trinajstić information content (AvgIpc) is 2.28. The third-order valence-corrected chi connectivity index (χ3v) is 2.64. The number of hydrogen-bond donors (Lipinski definition) is 1. The fourth-order valence-corrected chi connectivity index (χ4v) is 1.71. The summed E-state index contributed by atoms with van der Waals surface area (Å²) >= 11 is 0. The molecule has 1 rings (SSSR count). The molecular weight excluding hydrogens is 200 g/mol. The predicted molar refractivity (Wildman–Crippen MR) is 66.5 cm³/mol. The summed E-state index contributed by atoms with van der Waals surface area (Å²) < 4.78 is 5.25. The van der Waals surface area contributed by atoms with Gasteiger partial charge in [0.05, 0.1) is 12.2 Å². The molecule has 0 aromatic heterocycles. The molecule has 90 valence electrons. The van der Waals surface area contributed by atoms with E-state index in [0.717, 1.165) is 19.3 Å². The molecule has 16 heavy (non-hydrogen) atoms. The van der Waals surface area contributed by atoms with E-state index in [9.17, 15) is 5.11 Å². The first-order valence-electron chi connectivity index (χ1n) is 5.98. The molecule has 0 saturated carbocycles. The van der Waals surface area contributed by atoms with Crippen LogP contribution in [0.5, 0.6) is 0 Å². The average molecular weight is 222 g/mol. The van der Waals surface area contributed by atoms with Gasteiger partial charge in [0.1, 0.15) is 0 Å². The largest absolute Gasteiger partial charge is 0.388 e. The second kappa shape index (κ2) is 6.66. The normalized spacial score (nSPS) is 14.7. The van der Waals surface area contributed by atoms with E-state index in [1.54, 1.807) is 0 Å². The summed E-state index contributed by atoms with van der Waals surface area (Å²) in [6.07, 6.45) is 2.79. The van der Waals surface area contributed by atoms with Crippen molar-refractivity contribution in [3.8, 4) is 0 Å². The molecule has 1 aromatic rings. The molecular formula is C14H22O2. The Morgan fingerprint density at radius 1 is 1.25 bits per heavy atom. The molecule has 0 bridgehead atoms. The van der Waals surface area contributed by atoms with Gasteiger partial charge < -0.3 is 9.84 Å². The fourth-order valence-electron chi connectivity index (χ4n) is 1.71. The van der Waals surface area contributed by atoms with Gasteiger partial charge in [0.15, 0.2) is 0 Å². The highest BCUT2D eigenvalue weighted by atomic mass is 16.5. The van der Waals surface area contributed by atoms with Crippen LogP contribution < -0.4 is 0 Å². The van der Waals surface area contributed by atoms with Crippen LogP contribution in [-0.2, 0) is 11.2 Å². The summed E-state index contributed by atoms with van der Waals surface area (Å²) in [5, 5.41) is 10.00. The van der Waals surface area contributed by atoms with Crippen LogP contribution in [0.1, 0.15) is 32.3 Å². The summed E-state index contributed by atoms with van der Waals surface area (Å²) in [6, 6.07) is 10.4. The van der Waals surface area contributed by atoms with Gasteiger partial charge in [0, 0.05) is 6.61 Å². The maximum Gasteiger partial charge on any atom is 0.0852 e. The minimum atomic E-state index is -0.690. The number of aryl methyl sites for hydroxylation is 1. The first-order valence-corrected chi connectivity index (χ1v) is 5.98. The Labute approximate surface area is 98.3 Å². The molecule has 1 N–H and O–H groups in total. The van der Waals surface area contributed by atoms with Crippen molar-refractivity contribution in [2.45, 2.75) is 38.7 Å². The molecule has 0 aliphatic carbocycles. The number of rotatable bonds is 7. The maximum absolute atomic E-state index is 10.00. The second-order valence-corrected chi connectivity index (χ2v) is 4.47. The van der Waals surface area contributed by atoms with Gasteiger partial charge in [-0.2, -0.15) is 0 Å². The molecule has 0 fully saturated rings. The third-order valence-electron chi connectivity index (χ3n) is 2.64. The van der Waals surface area contributed by atoms with E-state index in [2.05, 4.69) is 12.1 Å². The lowest BCUT2D eigenvalue weighted by molar-refractivity contribution is -0.0365. The van der Waals surface area contributed by atoms with Crippen molar-refractivity contribution < 1.29 is 9.84 Å². The summed E-state index contributed by atoms with van der Waals surface area (Å²) in [6.45, 7) is 4.88. The van der Waals surface area contributed by atoms with Gasteiger partial charge >= 0.3 is 0 Å². The van der Waals surface area contributed by atoms with Crippen LogP contribution in [0, 0.1) is 0 Å². The molecule has 0 aliphatic rings.